The zero-order chi connectivity index (χ0) is 39.2. The van der Waals surface area contributed by atoms with E-state index >= 15 is 0 Å². The summed E-state index contributed by atoms with van der Waals surface area (Å²) < 4.78 is 102. The zero-order valence-corrected chi connectivity index (χ0v) is 30.4. The minimum atomic E-state index is -4.94. The zero-order valence-electron chi connectivity index (χ0n) is 27.0. The maximum atomic E-state index is 9.43. The first-order chi connectivity index (χ1) is 19.6. The minimum Gasteiger partial charge on any atom is -0.351 e. The van der Waals surface area contributed by atoms with E-state index in [-0.39, 0.29) is 17.1 Å². The molecule has 0 aliphatic carbocycles. The number of amides is 6. The molecule has 0 heterocycles. The Kier molecular flexibility index (Phi) is 71.9. The van der Waals surface area contributed by atoms with Gasteiger partial charge in [-0.15, -0.1) is 30.7 Å². The summed E-state index contributed by atoms with van der Waals surface area (Å²) in [5.41, 5.74) is 0. The van der Waals surface area contributed by atoms with Crippen LogP contribution in [0.1, 0.15) is 0 Å². The summed E-state index contributed by atoms with van der Waals surface area (Å²) in [6, 6.07) is 0. The summed E-state index contributed by atoms with van der Waals surface area (Å²) in [5, 5.41) is 0. The van der Waals surface area contributed by atoms with Crippen LogP contribution in [0.25, 0.3) is 0 Å². The van der Waals surface area contributed by atoms with Crippen LogP contribution in [0.4, 0.5) is 0 Å². The van der Waals surface area contributed by atoms with Crippen LogP contribution < -0.4 is 55.9 Å². The third-order valence-electron chi connectivity index (χ3n) is 1.26. The molecule has 24 nitrogen and oxygen atoms in total. The number of hydrogen-bond donors (Lipinski definition) is 0. The van der Waals surface area contributed by atoms with Crippen LogP contribution in [0.2, 0.25) is 0 Å². The van der Waals surface area contributed by atoms with Gasteiger partial charge in [0.15, 0.2) is 0 Å². The summed E-state index contributed by atoms with van der Waals surface area (Å²) >= 11 is 0. The van der Waals surface area contributed by atoms with Gasteiger partial charge in [0.1, 0.15) is 0 Å². The number of carbonyl (C=O) groups is 6. The number of carbonyl (C=O) groups excluding carboxylic acids is 6. The molecule has 0 aromatic carbocycles. The molecule has 46 heavy (non-hydrogen) atoms. The second kappa shape index (κ2) is 47.1. The number of rotatable bonds is 6. The molecule has 0 rings (SSSR count). The smallest absolute Gasteiger partial charge is 0.351 e. The summed E-state index contributed by atoms with van der Waals surface area (Å²) in [5.74, 6) is 0. The van der Waals surface area contributed by atoms with E-state index in [2.05, 4.69) is 0 Å². The van der Waals surface area contributed by atoms with E-state index in [0.29, 0.717) is 0 Å². The van der Waals surface area contributed by atoms with E-state index in [9.17, 15) is 28.8 Å². The summed E-state index contributed by atoms with van der Waals surface area (Å²) in [6.45, 7) is 0. The minimum absolute atomic E-state index is 0. The van der Waals surface area contributed by atoms with Gasteiger partial charge in [-0.2, -0.15) is 0 Å². The van der Waals surface area contributed by atoms with Gasteiger partial charge in [0.2, 0.25) is 38.5 Å². The molecule has 0 aromatic heterocycles. The van der Waals surface area contributed by atoms with E-state index in [1.54, 1.807) is 84.6 Å². The summed E-state index contributed by atoms with van der Waals surface area (Å²) in [6.07, 6.45) is 4.50. The third kappa shape index (κ3) is 731. The van der Waals surface area contributed by atoms with Crippen molar-refractivity contribution in [2.45, 2.75) is 0 Å². The first-order valence-corrected chi connectivity index (χ1v) is 13.9. The van der Waals surface area contributed by atoms with Gasteiger partial charge in [0.05, 0.1) is 0 Å². The first kappa shape index (κ1) is 70.2. The van der Waals surface area contributed by atoms with E-state index in [1.165, 1.54) is 29.4 Å². The van der Waals surface area contributed by atoms with Crippen molar-refractivity contribution >= 4 is 38.5 Å². The largest absolute Gasteiger partial charge is 3.00 e. The molecular weight excluding hydrogens is 750 g/mol. The van der Waals surface area contributed by atoms with Crippen molar-refractivity contribution in [1.82, 2.24) is 29.4 Å². The van der Waals surface area contributed by atoms with Crippen LogP contribution >= 0.6 is 0 Å². The standard InChI is InChI=1S/6C3H7NO.3ClHO4.Fe/c6*1-4(2)3-5;3*2-1(3,4)5;/h6*3H,1-2H3;3*(H,2,3,4,5);/q;;;;;;;;;+3/p-3. The Morgan fingerprint density at radius 3 is 0.304 bits per heavy atom. The predicted molar refractivity (Wildman–Crippen MR) is 119 cm³/mol. The maximum Gasteiger partial charge on any atom is 3.00 e. The normalized spacial score (nSPS) is 8.35. The van der Waals surface area contributed by atoms with Crippen molar-refractivity contribution in [3.63, 3.8) is 0 Å². The molecule has 0 N–H and O–H groups in total. The van der Waals surface area contributed by atoms with Crippen molar-refractivity contribution in [2.24, 2.45) is 0 Å². The van der Waals surface area contributed by atoms with E-state index in [1.807, 2.05) is 0 Å². The Hall–Kier alpha value is -2.27. The molecule has 0 aliphatic rings. The fraction of sp³-hybridized carbons (Fsp3) is 0.667. The second-order valence-electron chi connectivity index (χ2n) is 7.55. The van der Waals surface area contributed by atoms with Crippen molar-refractivity contribution in [2.75, 3.05) is 84.6 Å². The van der Waals surface area contributed by atoms with Crippen LogP contribution in [0, 0.1) is 30.7 Å². The van der Waals surface area contributed by atoms with E-state index in [4.69, 9.17) is 55.9 Å². The Balaban J connectivity index is -0.0000000395. The third-order valence-corrected chi connectivity index (χ3v) is 1.26. The van der Waals surface area contributed by atoms with Gasteiger partial charge in [-0.25, -0.2) is 55.9 Å². The molecule has 0 saturated carbocycles. The molecule has 0 spiro atoms. The van der Waals surface area contributed by atoms with Gasteiger partial charge in [-0.3, -0.25) is 28.8 Å². The van der Waals surface area contributed by atoms with Gasteiger partial charge in [-0.1, -0.05) is 0 Å². The van der Waals surface area contributed by atoms with Crippen LogP contribution in [-0.2, 0) is 45.8 Å². The molecule has 281 valence electrons. The van der Waals surface area contributed by atoms with Gasteiger partial charge in [0.25, 0.3) is 0 Å². The summed E-state index contributed by atoms with van der Waals surface area (Å²) in [4.78, 5) is 65.2. The van der Waals surface area contributed by atoms with Gasteiger partial charge >= 0.3 is 17.1 Å². The molecule has 1 radical (unpaired) electrons. The SMILES string of the molecule is CN(C)C=O.CN(C)C=O.CN(C)C=O.CN(C)C=O.CN(C)C=O.CN(C)C=O.[Fe+3].[O-][Cl+3]([O-])([O-])[O-].[O-][Cl+3]([O-])([O-])[O-].[O-][Cl+3]([O-])([O-])[O-]. The van der Waals surface area contributed by atoms with Gasteiger partial charge < -0.3 is 29.4 Å². The molecular formula is C18H42Cl3FeN6O18. The number of halogens is 3. The Bertz CT molecular complexity index is 513. The monoisotopic (exact) mass is 791 g/mol. The fourth-order valence-corrected chi connectivity index (χ4v) is 0. The second-order valence-corrected chi connectivity index (χ2v) is 9.82. The first-order valence-electron chi connectivity index (χ1n) is 10.2. The summed E-state index contributed by atoms with van der Waals surface area (Å²) in [7, 11) is 5.42. The van der Waals surface area contributed by atoms with Crippen LogP contribution in [0.3, 0.4) is 0 Å². The molecule has 0 aromatic rings. The molecule has 0 aliphatic heterocycles. The molecule has 6 amide bonds. The van der Waals surface area contributed by atoms with Gasteiger partial charge in [-0.05, 0) is 0 Å². The molecule has 0 atom stereocenters. The molecule has 0 unspecified atom stereocenters. The molecule has 28 heteroatoms. The molecule has 0 saturated heterocycles. The Labute approximate surface area is 284 Å². The van der Waals surface area contributed by atoms with Crippen LogP contribution in [-0.4, -0.2) is 152 Å². The average molecular weight is 793 g/mol. The van der Waals surface area contributed by atoms with Crippen molar-refractivity contribution < 1.29 is 132 Å². The van der Waals surface area contributed by atoms with E-state index < -0.39 is 30.7 Å². The Morgan fingerprint density at radius 2 is 0.304 bits per heavy atom. The topological polar surface area (TPSA) is 399 Å². The maximum absolute atomic E-state index is 9.43. The average Bonchev–Trinajstić information content (AvgIpc) is 2.82. The quantitative estimate of drug-likeness (QED) is 0.178. The van der Waals surface area contributed by atoms with Crippen LogP contribution in [0.5, 0.6) is 0 Å². The predicted octanol–water partition coefficient (Wildman–Crippen LogP) is -16.0. The van der Waals surface area contributed by atoms with Gasteiger partial charge in [0, 0.05) is 84.6 Å². The fourth-order valence-electron chi connectivity index (χ4n) is 0. The molecule has 0 fully saturated rings. The molecule has 0 bridgehead atoms. The number of hydrogen-bond acceptors (Lipinski definition) is 18. The van der Waals surface area contributed by atoms with Crippen molar-refractivity contribution in [1.29, 1.82) is 0 Å². The Morgan fingerprint density at radius 1 is 0.283 bits per heavy atom. The van der Waals surface area contributed by atoms with Crippen LogP contribution in [0.15, 0.2) is 0 Å². The van der Waals surface area contributed by atoms with E-state index in [0.717, 1.165) is 38.5 Å². The van der Waals surface area contributed by atoms with Crippen molar-refractivity contribution in [3.05, 3.63) is 0 Å². The van der Waals surface area contributed by atoms with Crippen molar-refractivity contribution in [3.8, 4) is 0 Å². The number of nitrogens with zero attached hydrogens (tertiary/aromatic N) is 6.